The third-order valence-corrected chi connectivity index (χ3v) is 3.70. The molecule has 2 rings (SSSR count). The highest BCUT2D eigenvalue weighted by Gasteiger charge is 2.14. The molecule has 140 valence electrons. The summed E-state index contributed by atoms with van der Waals surface area (Å²) in [5, 5.41) is 12.2. The lowest BCUT2D eigenvalue weighted by molar-refractivity contribution is -0.112. The van der Waals surface area contributed by atoms with E-state index in [-0.39, 0.29) is 5.57 Å². The number of rotatable bonds is 8. The number of amides is 1. The second-order valence-corrected chi connectivity index (χ2v) is 5.95. The van der Waals surface area contributed by atoms with Crippen LogP contribution in [0.2, 0.25) is 0 Å². The third kappa shape index (κ3) is 5.61. The number of para-hydroxylation sites is 1. The van der Waals surface area contributed by atoms with Gasteiger partial charge in [0.2, 0.25) is 0 Å². The van der Waals surface area contributed by atoms with Crippen LogP contribution in [0.25, 0.3) is 6.08 Å². The van der Waals surface area contributed by atoms with Crippen molar-refractivity contribution in [1.82, 2.24) is 0 Å². The summed E-state index contributed by atoms with van der Waals surface area (Å²) in [7, 11) is 0. The highest BCUT2D eigenvalue weighted by Crippen LogP contribution is 2.33. The fourth-order valence-corrected chi connectivity index (χ4v) is 2.50. The van der Waals surface area contributed by atoms with Gasteiger partial charge in [0.15, 0.2) is 11.5 Å². The number of ether oxygens (including phenoxy) is 2. The molecule has 0 fully saturated rings. The lowest BCUT2D eigenvalue weighted by atomic mass is 10.1. The number of benzene rings is 2. The molecular formula is C22H24N2O3. The maximum Gasteiger partial charge on any atom is 0.266 e. The number of anilines is 1. The molecule has 0 saturated carbocycles. The van der Waals surface area contributed by atoms with Gasteiger partial charge in [0.1, 0.15) is 11.6 Å². The Morgan fingerprint density at radius 2 is 1.96 bits per heavy atom. The van der Waals surface area contributed by atoms with Crippen molar-refractivity contribution >= 4 is 17.7 Å². The molecule has 1 amide bonds. The Balaban J connectivity index is 2.34. The van der Waals surface area contributed by atoms with Crippen molar-refractivity contribution in [3.63, 3.8) is 0 Å². The first-order valence-electron chi connectivity index (χ1n) is 8.97. The Labute approximate surface area is 160 Å². The normalized spacial score (nSPS) is 10.8. The van der Waals surface area contributed by atoms with Crippen LogP contribution in [0, 0.1) is 18.3 Å². The molecule has 0 radical (unpaired) electrons. The maximum absolute atomic E-state index is 12.5. The fourth-order valence-electron chi connectivity index (χ4n) is 2.50. The number of carbonyl (C=O) groups excluding carboxylic acids is 1. The van der Waals surface area contributed by atoms with Crippen molar-refractivity contribution in [3.8, 4) is 17.6 Å². The average Bonchev–Trinajstić information content (AvgIpc) is 2.65. The van der Waals surface area contributed by atoms with Crippen LogP contribution in [-0.4, -0.2) is 19.1 Å². The molecule has 27 heavy (non-hydrogen) atoms. The van der Waals surface area contributed by atoms with Gasteiger partial charge in [-0.3, -0.25) is 4.79 Å². The van der Waals surface area contributed by atoms with E-state index in [1.807, 2.05) is 57.2 Å². The second-order valence-electron chi connectivity index (χ2n) is 5.95. The Bertz CT molecular complexity index is 866. The number of carbonyl (C=O) groups is 1. The smallest absolute Gasteiger partial charge is 0.266 e. The molecule has 0 aliphatic rings. The quantitative estimate of drug-likeness (QED) is 0.543. The molecule has 0 aliphatic heterocycles. The summed E-state index contributed by atoms with van der Waals surface area (Å²) in [6.45, 7) is 6.85. The van der Waals surface area contributed by atoms with Gasteiger partial charge in [-0.2, -0.15) is 5.26 Å². The molecule has 0 unspecified atom stereocenters. The van der Waals surface area contributed by atoms with Crippen LogP contribution in [0.4, 0.5) is 5.69 Å². The van der Waals surface area contributed by atoms with E-state index in [4.69, 9.17) is 9.47 Å². The molecule has 0 aromatic heterocycles. The number of nitriles is 1. The zero-order chi connectivity index (χ0) is 19.6. The van der Waals surface area contributed by atoms with E-state index in [9.17, 15) is 10.1 Å². The van der Waals surface area contributed by atoms with Gasteiger partial charge in [-0.25, -0.2) is 0 Å². The number of aryl methyl sites for hydroxylation is 1. The fraction of sp³-hybridized carbons (Fsp3) is 0.273. The summed E-state index contributed by atoms with van der Waals surface area (Å²) in [5.41, 5.74) is 2.29. The Hall–Kier alpha value is -3.26. The van der Waals surface area contributed by atoms with E-state index in [1.165, 1.54) is 6.08 Å². The Morgan fingerprint density at radius 1 is 1.19 bits per heavy atom. The van der Waals surface area contributed by atoms with Crippen LogP contribution in [0.15, 0.2) is 48.0 Å². The Morgan fingerprint density at radius 3 is 2.63 bits per heavy atom. The number of hydrogen-bond donors (Lipinski definition) is 1. The van der Waals surface area contributed by atoms with Gasteiger partial charge in [0, 0.05) is 11.3 Å². The van der Waals surface area contributed by atoms with Crippen LogP contribution >= 0.6 is 0 Å². The van der Waals surface area contributed by atoms with Gasteiger partial charge in [-0.1, -0.05) is 31.2 Å². The van der Waals surface area contributed by atoms with Gasteiger partial charge in [0.25, 0.3) is 5.91 Å². The van der Waals surface area contributed by atoms with E-state index < -0.39 is 5.91 Å². The lowest BCUT2D eigenvalue weighted by Crippen LogP contribution is -2.13. The second kappa shape index (κ2) is 10.0. The number of nitrogens with one attached hydrogen (secondary N) is 1. The SMILES string of the molecule is CCCOc1c(/C=C(\C#N)C(=O)Nc2cccc(C)c2)cccc1OCC. The summed E-state index contributed by atoms with van der Waals surface area (Å²) in [6, 6.07) is 14.8. The predicted molar refractivity (Wildman–Crippen MR) is 107 cm³/mol. The van der Waals surface area contributed by atoms with E-state index in [0.717, 1.165) is 12.0 Å². The van der Waals surface area contributed by atoms with Crippen LogP contribution in [0.3, 0.4) is 0 Å². The highest BCUT2D eigenvalue weighted by molar-refractivity contribution is 6.09. The standard InChI is InChI=1S/C22H24N2O3/c1-4-12-27-21-17(9-7-11-20(21)26-5-2)14-18(15-23)22(25)24-19-10-6-8-16(3)13-19/h6-11,13-14H,4-5,12H2,1-3H3,(H,24,25)/b18-14+. The zero-order valence-corrected chi connectivity index (χ0v) is 15.9. The topological polar surface area (TPSA) is 71.3 Å². The van der Waals surface area contributed by atoms with Gasteiger partial charge >= 0.3 is 0 Å². The molecule has 0 bridgehead atoms. The van der Waals surface area contributed by atoms with Crippen LogP contribution < -0.4 is 14.8 Å². The van der Waals surface area contributed by atoms with Crippen LogP contribution in [0.5, 0.6) is 11.5 Å². The average molecular weight is 364 g/mol. The van der Waals surface area contributed by atoms with Crippen LogP contribution in [0.1, 0.15) is 31.4 Å². The molecule has 0 atom stereocenters. The minimum atomic E-state index is -0.466. The summed E-state index contributed by atoms with van der Waals surface area (Å²) in [4.78, 5) is 12.5. The zero-order valence-electron chi connectivity index (χ0n) is 15.9. The summed E-state index contributed by atoms with van der Waals surface area (Å²) in [6.07, 6.45) is 2.36. The van der Waals surface area contributed by atoms with E-state index >= 15 is 0 Å². The Kier molecular flexibility index (Phi) is 7.45. The molecule has 2 aromatic rings. The summed E-state index contributed by atoms with van der Waals surface area (Å²) in [5.74, 6) is 0.666. The van der Waals surface area contributed by atoms with E-state index in [1.54, 1.807) is 12.1 Å². The molecular weight excluding hydrogens is 340 g/mol. The van der Waals surface area contributed by atoms with Gasteiger partial charge < -0.3 is 14.8 Å². The first-order valence-corrected chi connectivity index (χ1v) is 8.97. The predicted octanol–water partition coefficient (Wildman–Crippen LogP) is 4.73. The molecule has 0 heterocycles. The van der Waals surface area contributed by atoms with E-state index in [0.29, 0.717) is 36.0 Å². The molecule has 0 saturated heterocycles. The van der Waals surface area contributed by atoms with E-state index in [2.05, 4.69) is 5.32 Å². The molecule has 1 N–H and O–H groups in total. The van der Waals surface area contributed by atoms with Crippen molar-refractivity contribution in [2.24, 2.45) is 0 Å². The molecule has 0 spiro atoms. The minimum absolute atomic E-state index is 0.00787. The van der Waals surface area contributed by atoms with Gasteiger partial charge in [-0.15, -0.1) is 0 Å². The minimum Gasteiger partial charge on any atom is -0.490 e. The van der Waals surface area contributed by atoms with Crippen LogP contribution in [-0.2, 0) is 4.79 Å². The first kappa shape index (κ1) is 20.1. The number of hydrogen-bond acceptors (Lipinski definition) is 4. The van der Waals surface area contributed by atoms with Crippen molar-refractivity contribution in [2.75, 3.05) is 18.5 Å². The third-order valence-electron chi connectivity index (χ3n) is 3.70. The summed E-state index contributed by atoms with van der Waals surface area (Å²) < 4.78 is 11.4. The van der Waals surface area contributed by atoms with Crippen molar-refractivity contribution < 1.29 is 14.3 Å². The molecule has 0 aliphatic carbocycles. The monoisotopic (exact) mass is 364 g/mol. The van der Waals surface area contributed by atoms with Gasteiger partial charge in [-0.05, 0) is 50.1 Å². The van der Waals surface area contributed by atoms with Gasteiger partial charge in [0.05, 0.1) is 13.2 Å². The maximum atomic E-state index is 12.5. The largest absolute Gasteiger partial charge is 0.490 e. The lowest BCUT2D eigenvalue weighted by Gasteiger charge is -2.14. The molecule has 5 heteroatoms. The highest BCUT2D eigenvalue weighted by atomic mass is 16.5. The first-order chi connectivity index (χ1) is 13.1. The molecule has 5 nitrogen and oxygen atoms in total. The van der Waals surface area contributed by atoms with Crippen molar-refractivity contribution in [2.45, 2.75) is 27.2 Å². The summed E-state index contributed by atoms with van der Waals surface area (Å²) >= 11 is 0. The number of nitrogens with zero attached hydrogens (tertiary/aromatic N) is 1. The van der Waals surface area contributed by atoms with Crippen molar-refractivity contribution in [3.05, 3.63) is 59.2 Å². The van der Waals surface area contributed by atoms with Crippen molar-refractivity contribution in [1.29, 1.82) is 5.26 Å². The molecule has 2 aromatic carbocycles.